The third-order valence-electron chi connectivity index (χ3n) is 4.44. The Labute approximate surface area is 178 Å². The van der Waals surface area contributed by atoms with Crippen molar-refractivity contribution >= 4 is 40.6 Å². The Morgan fingerprint density at radius 2 is 1.93 bits per heavy atom. The largest absolute Gasteiger partial charge is 0.490 e. The van der Waals surface area contributed by atoms with Crippen LogP contribution in [0.25, 0.3) is 6.08 Å². The highest BCUT2D eigenvalue weighted by Gasteiger charge is 2.25. The fourth-order valence-electron chi connectivity index (χ4n) is 2.79. The molecule has 8 heteroatoms. The van der Waals surface area contributed by atoms with Crippen LogP contribution in [0.2, 0.25) is 0 Å². The number of ether oxygens (including phenoxy) is 2. The molecule has 0 bridgehead atoms. The third kappa shape index (κ3) is 5.21. The van der Waals surface area contributed by atoms with Crippen molar-refractivity contribution in [2.45, 2.75) is 20.8 Å². The van der Waals surface area contributed by atoms with Crippen LogP contribution >= 0.6 is 11.8 Å². The molecule has 3 rings (SSSR count). The number of nitrogens with one attached hydrogen (secondary N) is 2. The van der Waals surface area contributed by atoms with Gasteiger partial charge in [0.25, 0.3) is 17.1 Å². The Morgan fingerprint density at radius 3 is 2.63 bits per heavy atom. The Hall–Kier alpha value is -3.26. The summed E-state index contributed by atoms with van der Waals surface area (Å²) >= 11 is 0.846. The standard InChI is InChI=1S/C22H22N2O5S/c1-4-28-18-10-15(11-19-21(26)24-22(27)30-19)8-9-17(18)29-12-20(25)23-16-7-5-6-13(2)14(16)3/h5-11H,4,12H2,1-3H3,(H,23,25)(H,24,26,27)/b19-11-. The number of carbonyl (C=O) groups is 3. The second kappa shape index (κ2) is 9.49. The number of imide groups is 1. The maximum absolute atomic E-state index is 12.3. The van der Waals surface area contributed by atoms with Gasteiger partial charge in [0.05, 0.1) is 11.5 Å². The topological polar surface area (TPSA) is 93.7 Å². The minimum absolute atomic E-state index is 0.180. The van der Waals surface area contributed by atoms with Gasteiger partial charge in [-0.2, -0.15) is 0 Å². The molecule has 1 aliphatic heterocycles. The van der Waals surface area contributed by atoms with E-state index < -0.39 is 11.1 Å². The number of carbonyl (C=O) groups excluding carboxylic acids is 3. The Kier molecular flexibility index (Phi) is 6.79. The molecule has 30 heavy (non-hydrogen) atoms. The quantitative estimate of drug-likeness (QED) is 0.649. The van der Waals surface area contributed by atoms with Gasteiger partial charge >= 0.3 is 0 Å². The van der Waals surface area contributed by atoms with E-state index in [1.54, 1.807) is 24.3 Å². The molecule has 1 aliphatic rings. The average Bonchev–Trinajstić information content (AvgIpc) is 3.02. The van der Waals surface area contributed by atoms with Crippen LogP contribution in [-0.4, -0.2) is 30.3 Å². The van der Waals surface area contributed by atoms with Crippen LogP contribution in [0.4, 0.5) is 10.5 Å². The van der Waals surface area contributed by atoms with E-state index in [2.05, 4.69) is 10.6 Å². The third-order valence-corrected chi connectivity index (χ3v) is 5.26. The minimum Gasteiger partial charge on any atom is -0.490 e. The molecule has 1 heterocycles. The predicted molar refractivity (Wildman–Crippen MR) is 117 cm³/mol. The molecule has 0 unspecified atom stereocenters. The molecule has 0 aromatic heterocycles. The van der Waals surface area contributed by atoms with Crippen LogP contribution in [0, 0.1) is 13.8 Å². The number of rotatable bonds is 7. The smallest absolute Gasteiger partial charge is 0.290 e. The summed E-state index contributed by atoms with van der Waals surface area (Å²) in [6, 6.07) is 10.8. The summed E-state index contributed by atoms with van der Waals surface area (Å²) in [5.41, 5.74) is 3.52. The van der Waals surface area contributed by atoms with Gasteiger partial charge in [0, 0.05) is 5.69 Å². The predicted octanol–water partition coefficient (Wildman–Crippen LogP) is 4.04. The van der Waals surface area contributed by atoms with Gasteiger partial charge in [-0.15, -0.1) is 0 Å². The van der Waals surface area contributed by atoms with Crippen molar-refractivity contribution in [1.29, 1.82) is 0 Å². The number of hydrogen-bond donors (Lipinski definition) is 2. The summed E-state index contributed by atoms with van der Waals surface area (Å²) in [6.07, 6.45) is 1.60. The molecule has 1 fully saturated rings. The number of thioether (sulfide) groups is 1. The first kappa shape index (κ1) is 21.4. The number of amides is 3. The highest BCUT2D eigenvalue weighted by atomic mass is 32.2. The first-order chi connectivity index (χ1) is 14.4. The van der Waals surface area contributed by atoms with Gasteiger partial charge in [0.15, 0.2) is 18.1 Å². The zero-order chi connectivity index (χ0) is 21.7. The van der Waals surface area contributed by atoms with Gasteiger partial charge in [-0.1, -0.05) is 18.2 Å². The Bertz CT molecular complexity index is 1030. The Balaban J connectivity index is 1.70. The molecule has 2 N–H and O–H groups in total. The van der Waals surface area contributed by atoms with Crippen molar-refractivity contribution in [3.05, 3.63) is 58.0 Å². The Morgan fingerprint density at radius 1 is 1.13 bits per heavy atom. The SMILES string of the molecule is CCOc1cc(/C=C2\SC(=O)NC2=O)ccc1OCC(=O)Nc1cccc(C)c1C. The molecule has 156 valence electrons. The van der Waals surface area contributed by atoms with Crippen LogP contribution in [0.1, 0.15) is 23.6 Å². The van der Waals surface area contributed by atoms with Crippen LogP contribution in [0.15, 0.2) is 41.3 Å². The molecule has 1 saturated heterocycles. The summed E-state index contributed by atoms with van der Waals surface area (Å²) in [4.78, 5) is 35.6. The second-order valence-electron chi connectivity index (χ2n) is 6.58. The molecule has 2 aromatic carbocycles. The molecule has 0 atom stereocenters. The maximum Gasteiger partial charge on any atom is 0.290 e. The molecule has 0 radical (unpaired) electrons. The summed E-state index contributed by atoms with van der Waals surface area (Å²) in [6.45, 7) is 5.99. The summed E-state index contributed by atoms with van der Waals surface area (Å²) in [5, 5.41) is 4.67. The van der Waals surface area contributed by atoms with Gasteiger partial charge in [-0.3, -0.25) is 19.7 Å². The zero-order valence-electron chi connectivity index (χ0n) is 16.9. The van der Waals surface area contributed by atoms with Crippen LogP contribution in [0.5, 0.6) is 11.5 Å². The van der Waals surface area contributed by atoms with Crippen LogP contribution in [-0.2, 0) is 9.59 Å². The van der Waals surface area contributed by atoms with Crippen LogP contribution < -0.4 is 20.1 Å². The number of aryl methyl sites for hydroxylation is 1. The van der Waals surface area contributed by atoms with Gasteiger partial charge in [-0.25, -0.2) is 0 Å². The number of anilines is 1. The van der Waals surface area contributed by atoms with Gasteiger partial charge in [0.1, 0.15) is 0 Å². The molecule has 0 aliphatic carbocycles. The first-order valence-corrected chi connectivity index (χ1v) is 10.2. The van der Waals surface area contributed by atoms with Crippen molar-refractivity contribution in [2.24, 2.45) is 0 Å². The zero-order valence-corrected chi connectivity index (χ0v) is 17.7. The van der Waals surface area contributed by atoms with Gasteiger partial charge in [-0.05, 0) is 73.5 Å². The van der Waals surface area contributed by atoms with E-state index in [0.717, 1.165) is 28.6 Å². The second-order valence-corrected chi connectivity index (χ2v) is 7.59. The summed E-state index contributed by atoms with van der Waals surface area (Å²) < 4.78 is 11.3. The van der Waals surface area contributed by atoms with Crippen LogP contribution in [0.3, 0.4) is 0 Å². The minimum atomic E-state index is -0.425. The number of benzene rings is 2. The lowest BCUT2D eigenvalue weighted by Crippen LogP contribution is -2.21. The lowest BCUT2D eigenvalue weighted by Gasteiger charge is -2.14. The maximum atomic E-state index is 12.3. The highest BCUT2D eigenvalue weighted by molar-refractivity contribution is 8.18. The molecular formula is C22H22N2O5S. The molecule has 7 nitrogen and oxygen atoms in total. The fourth-order valence-corrected chi connectivity index (χ4v) is 3.47. The highest BCUT2D eigenvalue weighted by Crippen LogP contribution is 2.32. The summed E-state index contributed by atoms with van der Waals surface area (Å²) in [5.74, 6) is 0.150. The van der Waals surface area contributed by atoms with E-state index in [4.69, 9.17) is 9.47 Å². The molecule has 0 spiro atoms. The monoisotopic (exact) mass is 426 g/mol. The first-order valence-electron chi connectivity index (χ1n) is 9.38. The molecular weight excluding hydrogens is 404 g/mol. The van der Waals surface area contributed by atoms with Crippen molar-refractivity contribution in [2.75, 3.05) is 18.5 Å². The fraction of sp³-hybridized carbons (Fsp3) is 0.227. The lowest BCUT2D eigenvalue weighted by atomic mass is 10.1. The van der Waals surface area contributed by atoms with E-state index >= 15 is 0 Å². The van der Waals surface area contributed by atoms with Crippen molar-refractivity contribution in [3.63, 3.8) is 0 Å². The van der Waals surface area contributed by atoms with Gasteiger partial charge < -0.3 is 14.8 Å². The molecule has 2 aromatic rings. The van der Waals surface area contributed by atoms with E-state index in [9.17, 15) is 14.4 Å². The molecule has 3 amide bonds. The van der Waals surface area contributed by atoms with E-state index in [1.807, 2.05) is 39.0 Å². The normalized spacial score (nSPS) is 14.6. The van der Waals surface area contributed by atoms with E-state index in [-0.39, 0.29) is 12.5 Å². The molecule has 0 saturated carbocycles. The van der Waals surface area contributed by atoms with Crippen molar-refractivity contribution in [3.8, 4) is 11.5 Å². The number of hydrogen-bond acceptors (Lipinski definition) is 6. The van der Waals surface area contributed by atoms with E-state index in [0.29, 0.717) is 28.6 Å². The lowest BCUT2D eigenvalue weighted by molar-refractivity contribution is -0.118. The van der Waals surface area contributed by atoms with Gasteiger partial charge in [0.2, 0.25) is 0 Å². The van der Waals surface area contributed by atoms with Crippen molar-refractivity contribution in [1.82, 2.24) is 5.32 Å². The average molecular weight is 426 g/mol. The van der Waals surface area contributed by atoms with E-state index in [1.165, 1.54) is 0 Å². The summed E-state index contributed by atoms with van der Waals surface area (Å²) in [7, 11) is 0. The van der Waals surface area contributed by atoms with Crippen molar-refractivity contribution < 1.29 is 23.9 Å².